The maximum Gasteiger partial charge on any atom is 0 e. The van der Waals surface area contributed by atoms with E-state index in [0.717, 1.165) is 0 Å². The number of hydrogen-bond acceptors (Lipinski definition) is 2. The fourth-order valence-electron chi connectivity index (χ4n) is 0. The Hall–Kier alpha value is 2.05. The molecule has 4 nitrogen and oxygen atoms in total. The molecule has 0 unspecified atom stereocenters. The molecule has 0 saturated carbocycles. The average Bonchev–Trinajstić information content (AvgIpc) is 0.722. The molecule has 0 radical (unpaired) electrons. The topological polar surface area (TPSA) is 74.6 Å². The molecule has 0 heterocycles. The third kappa shape index (κ3) is 70.0. The first-order valence-electron chi connectivity index (χ1n) is 0.698. The SMILES string of the molecule is O=S(=O)(O)O.[CaH2].[Cd]. The van der Waals surface area contributed by atoms with Crippen molar-refractivity contribution in [1.29, 1.82) is 0 Å². The van der Waals surface area contributed by atoms with Crippen LogP contribution in [0.5, 0.6) is 0 Å². The van der Waals surface area contributed by atoms with Crippen molar-refractivity contribution in [3.63, 3.8) is 0 Å². The zero-order valence-electron chi connectivity index (χ0n) is 2.83. The summed E-state index contributed by atoms with van der Waals surface area (Å²) < 4.78 is 31.6. The third-order valence-corrected chi connectivity index (χ3v) is 0. The molecule has 0 aliphatic carbocycles. The summed E-state index contributed by atoms with van der Waals surface area (Å²) in [4.78, 5) is 0. The van der Waals surface area contributed by atoms with Gasteiger partial charge in [0.2, 0.25) is 0 Å². The van der Waals surface area contributed by atoms with Crippen LogP contribution in [0.3, 0.4) is 0 Å². The maximum absolute atomic E-state index is 8.74. The Morgan fingerprint density at radius 2 is 1.14 bits per heavy atom. The van der Waals surface area contributed by atoms with Gasteiger partial charge in [0, 0.05) is 27.3 Å². The van der Waals surface area contributed by atoms with Crippen LogP contribution in [0.25, 0.3) is 0 Å². The van der Waals surface area contributed by atoms with Gasteiger partial charge < -0.3 is 0 Å². The van der Waals surface area contributed by atoms with Gasteiger partial charge in [-0.3, -0.25) is 9.11 Å². The summed E-state index contributed by atoms with van der Waals surface area (Å²) in [6.07, 6.45) is 0. The van der Waals surface area contributed by atoms with Crippen LogP contribution < -0.4 is 0 Å². The molecule has 0 saturated heterocycles. The maximum atomic E-state index is 8.74. The van der Waals surface area contributed by atoms with Crippen molar-refractivity contribution >= 4 is 48.1 Å². The van der Waals surface area contributed by atoms with Gasteiger partial charge in [-0.25, -0.2) is 0 Å². The minimum Gasteiger partial charge on any atom is 0 e. The summed E-state index contributed by atoms with van der Waals surface area (Å²) in [5, 5.41) is 0. The summed E-state index contributed by atoms with van der Waals surface area (Å²) in [5.41, 5.74) is 0. The Kier molecular flexibility index (Phi) is 14.1. The number of hydrogen-bond donors (Lipinski definition) is 2. The summed E-state index contributed by atoms with van der Waals surface area (Å²) in [6.45, 7) is 0. The zero-order chi connectivity index (χ0) is 4.50. The first kappa shape index (κ1) is 16.0. The van der Waals surface area contributed by atoms with Crippen LogP contribution in [0, 0.1) is 0 Å². The zero-order valence-corrected chi connectivity index (χ0v) is 7.68. The minimum absolute atomic E-state index is 0. The molecule has 0 fully saturated rings. The van der Waals surface area contributed by atoms with Crippen LogP contribution in [-0.2, 0) is 37.7 Å². The summed E-state index contributed by atoms with van der Waals surface area (Å²) in [7, 11) is -4.67. The minimum atomic E-state index is -4.67. The quantitative estimate of drug-likeness (QED) is 0.403. The molecule has 7 heavy (non-hydrogen) atoms. The standard InChI is InChI=1S/Ca.Cd.H2O4S.2H/c;;1-5(2,3)4;;/h;;(H2,1,2,3,4);;. The Morgan fingerprint density at radius 1 is 1.14 bits per heavy atom. The van der Waals surface area contributed by atoms with E-state index < -0.39 is 10.4 Å². The Bertz CT molecular complexity index is 94.9. The normalized spacial score (nSPS) is 8.29. The second kappa shape index (κ2) is 6.18. The molecule has 0 aromatic carbocycles. The molecule has 0 aliphatic heterocycles. The predicted molar refractivity (Wildman–Crippen MR) is 22.7 cm³/mol. The van der Waals surface area contributed by atoms with Crippen molar-refractivity contribution in [2.75, 3.05) is 0 Å². The molecule has 7 heteroatoms. The van der Waals surface area contributed by atoms with E-state index in [4.69, 9.17) is 17.5 Å². The van der Waals surface area contributed by atoms with Gasteiger partial charge in [0.05, 0.1) is 0 Å². The van der Waals surface area contributed by atoms with Crippen molar-refractivity contribution in [2.24, 2.45) is 0 Å². The van der Waals surface area contributed by atoms with Crippen LogP contribution in [0.1, 0.15) is 0 Å². The van der Waals surface area contributed by atoms with Gasteiger partial charge in [0.15, 0.2) is 0 Å². The second-order valence-electron chi connectivity index (χ2n) is 0.448. The molecule has 0 aliphatic rings. The Balaban J connectivity index is -0.0000000800. The van der Waals surface area contributed by atoms with E-state index in [9.17, 15) is 0 Å². The van der Waals surface area contributed by atoms with Gasteiger partial charge in [-0.05, 0) is 0 Å². The molecule has 0 atom stereocenters. The van der Waals surface area contributed by atoms with E-state index in [1.807, 2.05) is 0 Å². The predicted octanol–water partition coefficient (Wildman–Crippen LogP) is -1.57. The van der Waals surface area contributed by atoms with E-state index in [1.165, 1.54) is 0 Å². The summed E-state index contributed by atoms with van der Waals surface area (Å²) in [5.74, 6) is 0. The number of rotatable bonds is 0. The van der Waals surface area contributed by atoms with Crippen molar-refractivity contribution in [2.45, 2.75) is 0 Å². The molecular formula is H4CaCdO4S. The van der Waals surface area contributed by atoms with E-state index in [2.05, 4.69) is 0 Å². The van der Waals surface area contributed by atoms with Gasteiger partial charge in [-0.2, -0.15) is 8.42 Å². The summed E-state index contributed by atoms with van der Waals surface area (Å²) in [6, 6.07) is 0. The summed E-state index contributed by atoms with van der Waals surface area (Å²) >= 11 is 0. The van der Waals surface area contributed by atoms with Crippen LogP contribution in [0.4, 0.5) is 0 Å². The van der Waals surface area contributed by atoms with Crippen LogP contribution in [-0.4, -0.2) is 55.3 Å². The second-order valence-corrected chi connectivity index (χ2v) is 1.34. The van der Waals surface area contributed by atoms with E-state index in [-0.39, 0.29) is 65.0 Å². The van der Waals surface area contributed by atoms with Crippen LogP contribution in [0.2, 0.25) is 0 Å². The Morgan fingerprint density at radius 3 is 1.14 bits per heavy atom. The fourth-order valence-corrected chi connectivity index (χ4v) is 0. The molecule has 0 bridgehead atoms. The van der Waals surface area contributed by atoms with Gasteiger partial charge in [-0.15, -0.1) is 0 Å². The average molecular weight is 253 g/mol. The van der Waals surface area contributed by atoms with Crippen molar-refractivity contribution in [3.05, 3.63) is 0 Å². The molecule has 0 rings (SSSR count). The molecule has 0 spiro atoms. The van der Waals surface area contributed by atoms with Gasteiger partial charge in [0.1, 0.15) is 0 Å². The Labute approximate surface area is 91.4 Å². The first-order valence-corrected chi connectivity index (χ1v) is 2.10. The smallest absolute Gasteiger partial charge is 0 e. The molecular weight excluding hydrogens is 249 g/mol. The van der Waals surface area contributed by atoms with Crippen LogP contribution >= 0.6 is 0 Å². The molecule has 0 aromatic rings. The third-order valence-electron chi connectivity index (χ3n) is 0. The first-order chi connectivity index (χ1) is 2.00. The van der Waals surface area contributed by atoms with E-state index in [1.54, 1.807) is 0 Å². The van der Waals surface area contributed by atoms with Gasteiger partial charge in [0.25, 0.3) is 0 Å². The van der Waals surface area contributed by atoms with Crippen molar-refractivity contribution in [3.8, 4) is 0 Å². The molecule has 0 amide bonds. The van der Waals surface area contributed by atoms with Crippen LogP contribution in [0.15, 0.2) is 0 Å². The largest absolute Gasteiger partial charge is 0 e. The van der Waals surface area contributed by atoms with Crippen molar-refractivity contribution < 1.29 is 44.8 Å². The van der Waals surface area contributed by atoms with Gasteiger partial charge >= 0.3 is 48.1 Å². The molecule has 38 valence electrons. The van der Waals surface area contributed by atoms with E-state index >= 15 is 0 Å². The fraction of sp³-hybridized carbons (Fsp3) is 0. The molecule has 2 N–H and O–H groups in total. The van der Waals surface area contributed by atoms with E-state index in [0.29, 0.717) is 0 Å². The molecule has 0 aromatic heterocycles. The van der Waals surface area contributed by atoms with Crippen molar-refractivity contribution in [1.82, 2.24) is 0 Å². The monoisotopic (exact) mass is 254 g/mol. The van der Waals surface area contributed by atoms with Gasteiger partial charge in [-0.1, -0.05) is 0 Å².